The Balaban J connectivity index is 1.97. The highest BCUT2D eigenvalue weighted by Crippen LogP contribution is 2.34. The molecule has 2 atom stereocenters. The van der Waals surface area contributed by atoms with Crippen LogP contribution in [0.1, 0.15) is 54.9 Å². The lowest BCUT2D eigenvalue weighted by molar-refractivity contribution is 0.451. The summed E-state index contributed by atoms with van der Waals surface area (Å²) in [5.41, 5.74) is 6.73. The van der Waals surface area contributed by atoms with Gasteiger partial charge >= 0.3 is 0 Å². The zero-order valence-electron chi connectivity index (χ0n) is 10.4. The second kappa shape index (κ2) is 4.35. The van der Waals surface area contributed by atoms with E-state index in [1.165, 1.54) is 0 Å². The van der Waals surface area contributed by atoms with E-state index in [1.54, 1.807) is 0 Å². The summed E-state index contributed by atoms with van der Waals surface area (Å²) >= 11 is 0. The molecule has 2 aliphatic heterocycles. The van der Waals surface area contributed by atoms with E-state index < -0.39 is 15.1 Å². The summed E-state index contributed by atoms with van der Waals surface area (Å²) in [6.45, 7) is 0.906. The zero-order valence-corrected chi connectivity index (χ0v) is 11.2. The van der Waals surface area contributed by atoms with Crippen molar-refractivity contribution in [1.29, 1.82) is 0 Å². The minimum absolute atomic E-state index is 0.0428. The minimum Gasteiger partial charge on any atom is -0.333 e. The van der Waals surface area contributed by atoms with Gasteiger partial charge < -0.3 is 10.3 Å². The van der Waals surface area contributed by atoms with Crippen molar-refractivity contribution in [1.82, 2.24) is 9.55 Å². The predicted molar refractivity (Wildman–Crippen MR) is 68.8 cm³/mol. The Morgan fingerprint density at radius 2 is 2.11 bits per heavy atom. The first-order chi connectivity index (χ1) is 8.58. The van der Waals surface area contributed by atoms with E-state index in [2.05, 4.69) is 4.98 Å². The van der Waals surface area contributed by atoms with Crippen molar-refractivity contribution in [3.63, 3.8) is 0 Å². The number of aryl methyl sites for hydroxylation is 1. The quantitative estimate of drug-likeness (QED) is 0.834. The van der Waals surface area contributed by atoms with Gasteiger partial charge in [0.15, 0.2) is 9.84 Å². The molecule has 100 valence electrons. The molecule has 0 aliphatic carbocycles. The van der Waals surface area contributed by atoms with Crippen molar-refractivity contribution >= 4 is 9.84 Å². The van der Waals surface area contributed by atoms with Gasteiger partial charge in [0.2, 0.25) is 0 Å². The molecule has 18 heavy (non-hydrogen) atoms. The second-order valence-electron chi connectivity index (χ2n) is 5.32. The van der Waals surface area contributed by atoms with Gasteiger partial charge in [-0.3, -0.25) is 0 Å². The van der Waals surface area contributed by atoms with Crippen LogP contribution >= 0.6 is 0 Å². The van der Waals surface area contributed by atoms with Gasteiger partial charge in [-0.15, -0.1) is 0 Å². The molecule has 3 heterocycles. The van der Waals surface area contributed by atoms with Crippen LogP contribution in [0.4, 0.5) is 0 Å². The number of imidazole rings is 1. The maximum Gasteiger partial charge on any atom is 0.158 e. The van der Waals surface area contributed by atoms with Crippen molar-refractivity contribution in [2.45, 2.75) is 49.9 Å². The van der Waals surface area contributed by atoms with Crippen LogP contribution in [0, 0.1) is 0 Å². The normalized spacial score (nSPS) is 30.9. The predicted octanol–water partition coefficient (Wildman–Crippen LogP) is 1.32. The molecule has 3 rings (SSSR count). The maximum atomic E-state index is 12.1. The summed E-state index contributed by atoms with van der Waals surface area (Å²) in [4.78, 5) is 4.51. The number of aromatic nitrogens is 2. The number of hydrogen-bond acceptors (Lipinski definition) is 4. The molecule has 6 heteroatoms. The van der Waals surface area contributed by atoms with E-state index in [9.17, 15) is 8.42 Å². The first kappa shape index (κ1) is 12.2. The van der Waals surface area contributed by atoms with Gasteiger partial charge in [0.1, 0.15) is 11.1 Å². The highest BCUT2D eigenvalue weighted by molar-refractivity contribution is 7.91. The maximum absolute atomic E-state index is 12.1. The largest absolute Gasteiger partial charge is 0.333 e. The highest BCUT2D eigenvalue weighted by atomic mass is 32.2. The number of nitrogens with two attached hydrogens (primary N) is 1. The van der Waals surface area contributed by atoms with Gasteiger partial charge in [-0.25, -0.2) is 13.4 Å². The van der Waals surface area contributed by atoms with E-state index in [0.717, 1.165) is 38.1 Å². The summed E-state index contributed by atoms with van der Waals surface area (Å²) in [5.74, 6) is 1.16. The lowest BCUT2D eigenvalue weighted by Crippen LogP contribution is -2.22. The van der Waals surface area contributed by atoms with Gasteiger partial charge in [0.25, 0.3) is 0 Å². The van der Waals surface area contributed by atoms with E-state index in [4.69, 9.17) is 5.73 Å². The number of hydrogen-bond donors (Lipinski definition) is 1. The van der Waals surface area contributed by atoms with Gasteiger partial charge in [0.05, 0.1) is 17.5 Å². The smallest absolute Gasteiger partial charge is 0.158 e. The van der Waals surface area contributed by atoms with E-state index in [-0.39, 0.29) is 6.04 Å². The fourth-order valence-electron chi connectivity index (χ4n) is 2.98. The van der Waals surface area contributed by atoms with Gasteiger partial charge in [-0.1, -0.05) is 6.42 Å². The Morgan fingerprint density at radius 3 is 2.83 bits per heavy atom. The Bertz CT molecular complexity index is 550. The molecule has 2 unspecified atom stereocenters. The third-order valence-electron chi connectivity index (χ3n) is 3.98. The summed E-state index contributed by atoms with van der Waals surface area (Å²) < 4.78 is 26.2. The first-order valence-electron chi connectivity index (χ1n) is 6.62. The van der Waals surface area contributed by atoms with Crippen molar-refractivity contribution in [2.24, 2.45) is 5.73 Å². The fourth-order valence-corrected chi connectivity index (χ4v) is 4.88. The Kier molecular flexibility index (Phi) is 2.94. The number of rotatable bonds is 1. The van der Waals surface area contributed by atoms with Crippen LogP contribution in [0.5, 0.6) is 0 Å². The van der Waals surface area contributed by atoms with Crippen LogP contribution in [-0.2, 0) is 16.4 Å². The van der Waals surface area contributed by atoms with E-state index in [1.807, 2.05) is 10.8 Å². The number of fused-ring (bicyclic) bond motifs is 1. The molecule has 2 aliphatic rings. The molecule has 5 nitrogen and oxygen atoms in total. The highest BCUT2D eigenvalue weighted by Gasteiger charge is 2.33. The zero-order chi connectivity index (χ0) is 12.8. The number of nitrogens with zero attached hydrogens (tertiary/aromatic N) is 2. The molecule has 0 radical (unpaired) electrons. The van der Waals surface area contributed by atoms with Crippen LogP contribution in [0.2, 0.25) is 0 Å². The third-order valence-corrected chi connectivity index (χ3v) is 6.18. The van der Waals surface area contributed by atoms with Crippen LogP contribution < -0.4 is 5.73 Å². The summed E-state index contributed by atoms with van der Waals surface area (Å²) in [5, 5.41) is -0.406. The van der Waals surface area contributed by atoms with Crippen LogP contribution in [0.3, 0.4) is 0 Å². The SMILES string of the molecule is NC1CCCn2cc(C3CCCCS3(=O)=O)nc21. The molecular weight excluding hydrogens is 250 g/mol. The molecule has 2 N–H and O–H groups in total. The Morgan fingerprint density at radius 1 is 1.28 bits per heavy atom. The van der Waals surface area contributed by atoms with E-state index in [0.29, 0.717) is 17.9 Å². The molecule has 0 saturated carbocycles. The standard InChI is InChI=1S/C12H19N3O2S/c13-9-4-3-6-15-8-10(14-12(9)15)11-5-1-2-7-18(11,16)17/h8-9,11H,1-7,13H2. The average Bonchev–Trinajstić information content (AvgIpc) is 2.73. The average molecular weight is 269 g/mol. The minimum atomic E-state index is -3.01. The van der Waals surface area contributed by atoms with Crippen LogP contribution in [0.25, 0.3) is 0 Å². The molecular formula is C12H19N3O2S. The van der Waals surface area contributed by atoms with Gasteiger partial charge in [0, 0.05) is 12.7 Å². The van der Waals surface area contributed by atoms with Crippen LogP contribution in [-0.4, -0.2) is 23.7 Å². The summed E-state index contributed by atoms with van der Waals surface area (Å²) in [6, 6.07) is -0.0428. The molecule has 0 aromatic carbocycles. The molecule has 0 amide bonds. The molecule has 0 bridgehead atoms. The first-order valence-corrected chi connectivity index (χ1v) is 8.33. The fraction of sp³-hybridized carbons (Fsp3) is 0.750. The molecule has 1 fully saturated rings. The lowest BCUT2D eigenvalue weighted by Gasteiger charge is -2.20. The van der Waals surface area contributed by atoms with Crippen molar-refractivity contribution < 1.29 is 8.42 Å². The Hall–Kier alpha value is -0.880. The Labute approximate surface area is 107 Å². The van der Waals surface area contributed by atoms with Crippen molar-refractivity contribution in [3.8, 4) is 0 Å². The topological polar surface area (TPSA) is 78.0 Å². The second-order valence-corrected chi connectivity index (χ2v) is 7.62. The lowest BCUT2D eigenvalue weighted by atomic mass is 10.1. The monoisotopic (exact) mass is 269 g/mol. The van der Waals surface area contributed by atoms with Crippen LogP contribution in [0.15, 0.2) is 6.20 Å². The van der Waals surface area contributed by atoms with Gasteiger partial charge in [-0.05, 0) is 25.7 Å². The third kappa shape index (κ3) is 1.97. The van der Waals surface area contributed by atoms with Crippen molar-refractivity contribution in [3.05, 3.63) is 17.7 Å². The molecule has 1 saturated heterocycles. The number of sulfone groups is 1. The molecule has 1 aromatic rings. The summed E-state index contributed by atoms with van der Waals surface area (Å²) in [7, 11) is -3.01. The van der Waals surface area contributed by atoms with Gasteiger partial charge in [-0.2, -0.15) is 0 Å². The van der Waals surface area contributed by atoms with Crippen molar-refractivity contribution in [2.75, 3.05) is 5.75 Å². The summed E-state index contributed by atoms with van der Waals surface area (Å²) in [6.07, 6.45) is 6.34. The van der Waals surface area contributed by atoms with E-state index >= 15 is 0 Å². The molecule has 0 spiro atoms. The molecule has 1 aromatic heterocycles.